The van der Waals surface area contributed by atoms with Gasteiger partial charge in [0.2, 0.25) is 0 Å². The number of nitrogens with zero attached hydrogens (tertiary/aromatic N) is 5. The van der Waals surface area contributed by atoms with Gasteiger partial charge >= 0.3 is 0 Å². The third-order valence-electron chi connectivity index (χ3n) is 8.62. The van der Waals surface area contributed by atoms with Gasteiger partial charge in [0.1, 0.15) is 22.8 Å². The number of fused-ring (bicyclic) bond motifs is 1. The number of aryl methyl sites for hydroxylation is 3. The van der Waals surface area contributed by atoms with Crippen molar-refractivity contribution in [2.75, 3.05) is 42.1 Å². The van der Waals surface area contributed by atoms with E-state index in [1.165, 1.54) is 0 Å². The lowest BCUT2D eigenvalue weighted by Gasteiger charge is -2.29. The monoisotopic (exact) mass is 665 g/mol. The lowest BCUT2D eigenvalue weighted by molar-refractivity contribution is 0.0802. The van der Waals surface area contributed by atoms with Gasteiger partial charge in [-0.25, -0.2) is 0 Å². The van der Waals surface area contributed by atoms with E-state index in [2.05, 4.69) is 31.2 Å². The highest BCUT2D eigenvalue weighted by atomic mass is 16.3. The molecule has 0 atom stereocenters. The summed E-state index contributed by atoms with van der Waals surface area (Å²) in [6, 6.07) is 14.1. The fraction of sp³-hybridized carbons (Fsp3) is 0.286. The van der Waals surface area contributed by atoms with Crippen LogP contribution in [0.5, 0.6) is 0 Å². The summed E-state index contributed by atoms with van der Waals surface area (Å²) in [6.07, 6.45) is 7.80. The summed E-state index contributed by atoms with van der Waals surface area (Å²) in [4.78, 5) is 58.5. The molecule has 4 aromatic heterocycles. The number of rotatable bonds is 10. The molecule has 0 radical (unpaired) electrons. The fourth-order valence-electron chi connectivity index (χ4n) is 5.93. The molecule has 0 saturated carbocycles. The number of hydrogen-bond donors (Lipinski definition) is 5. The number of aliphatic hydroxyl groups is 1. The van der Waals surface area contributed by atoms with Crippen molar-refractivity contribution < 1.29 is 24.3 Å². The molecule has 5 heterocycles. The van der Waals surface area contributed by atoms with E-state index in [4.69, 9.17) is 0 Å². The molecule has 1 aliphatic rings. The third-order valence-corrected chi connectivity index (χ3v) is 8.62. The number of carbonyl (C=O) groups excluding carboxylic acids is 4. The first-order valence-corrected chi connectivity index (χ1v) is 16.0. The molecule has 14 heteroatoms. The number of benzene rings is 1. The van der Waals surface area contributed by atoms with E-state index in [-0.39, 0.29) is 17.7 Å². The van der Waals surface area contributed by atoms with Crippen molar-refractivity contribution in [2.45, 2.75) is 18.9 Å². The summed E-state index contributed by atoms with van der Waals surface area (Å²) in [6.45, 7) is 2.78. The Balaban J connectivity index is 1.04. The maximum Gasteiger partial charge on any atom is 0.274 e. The summed E-state index contributed by atoms with van der Waals surface area (Å²) in [5.41, 5.74) is 2.52. The minimum Gasteiger partial charge on any atom is -0.393 e. The van der Waals surface area contributed by atoms with Gasteiger partial charge in [0, 0.05) is 77.5 Å². The van der Waals surface area contributed by atoms with Gasteiger partial charge in [-0.1, -0.05) is 24.3 Å². The predicted octanol–water partition coefficient (Wildman–Crippen LogP) is 3.19. The van der Waals surface area contributed by atoms with Gasteiger partial charge in [0.05, 0.1) is 23.2 Å². The topological polar surface area (TPSA) is 168 Å². The molecule has 14 nitrogen and oxygen atoms in total. The van der Waals surface area contributed by atoms with E-state index in [0.717, 1.165) is 36.7 Å². The molecular weight excluding hydrogens is 626 g/mol. The Morgan fingerprint density at radius 2 is 1.20 bits per heavy atom. The molecule has 1 aromatic carbocycles. The minimum atomic E-state index is -0.430. The molecule has 0 spiro atoms. The maximum absolute atomic E-state index is 13.2. The molecule has 1 aliphatic heterocycles. The molecule has 0 bridgehead atoms. The van der Waals surface area contributed by atoms with Gasteiger partial charge in [-0.3, -0.25) is 24.2 Å². The molecule has 254 valence electrons. The van der Waals surface area contributed by atoms with E-state index < -0.39 is 17.7 Å². The fourth-order valence-corrected chi connectivity index (χ4v) is 5.93. The first-order chi connectivity index (χ1) is 23.5. The van der Waals surface area contributed by atoms with Crippen LogP contribution in [0, 0.1) is 0 Å². The molecule has 1 saturated heterocycles. The van der Waals surface area contributed by atoms with Crippen LogP contribution in [-0.4, -0.2) is 84.6 Å². The zero-order chi connectivity index (χ0) is 34.7. The van der Waals surface area contributed by atoms with Crippen LogP contribution in [0.4, 0.5) is 17.1 Å². The summed E-state index contributed by atoms with van der Waals surface area (Å²) < 4.78 is 4.83. The van der Waals surface area contributed by atoms with Crippen LogP contribution in [0.15, 0.2) is 73.3 Å². The first kappa shape index (κ1) is 33.2. The van der Waals surface area contributed by atoms with Gasteiger partial charge in [0.15, 0.2) is 0 Å². The number of anilines is 3. The third kappa shape index (κ3) is 7.71. The number of aromatic nitrogens is 4. The molecule has 1 fully saturated rings. The van der Waals surface area contributed by atoms with Crippen LogP contribution >= 0.6 is 0 Å². The molecule has 4 amide bonds. The summed E-state index contributed by atoms with van der Waals surface area (Å²) in [5, 5.41) is 22.8. The quantitative estimate of drug-likeness (QED) is 0.153. The van der Waals surface area contributed by atoms with Crippen molar-refractivity contribution in [3.05, 3.63) is 96.1 Å². The predicted molar refractivity (Wildman–Crippen MR) is 186 cm³/mol. The van der Waals surface area contributed by atoms with E-state index in [1.54, 1.807) is 83.9 Å². The highest BCUT2D eigenvalue weighted by Crippen LogP contribution is 2.21. The summed E-state index contributed by atoms with van der Waals surface area (Å²) in [7, 11) is 5.11. The van der Waals surface area contributed by atoms with Crippen LogP contribution in [0.1, 0.15) is 54.8 Å². The van der Waals surface area contributed by atoms with Crippen molar-refractivity contribution in [3.8, 4) is 0 Å². The first-order valence-electron chi connectivity index (χ1n) is 16.0. The summed E-state index contributed by atoms with van der Waals surface area (Å²) in [5.74, 6) is -1.50. The number of piperidine rings is 1. The minimum absolute atomic E-state index is 0.241. The number of pyridine rings is 1. The van der Waals surface area contributed by atoms with Crippen LogP contribution < -0.4 is 21.3 Å². The van der Waals surface area contributed by atoms with Crippen molar-refractivity contribution in [3.63, 3.8) is 0 Å². The number of hydrogen-bond acceptors (Lipinski definition) is 7. The number of nitrogens with one attached hydrogen (secondary N) is 4. The van der Waals surface area contributed by atoms with E-state index >= 15 is 0 Å². The number of aliphatic hydroxyl groups excluding tert-OH is 1. The molecule has 49 heavy (non-hydrogen) atoms. The maximum atomic E-state index is 13.2. The Labute approximate surface area is 282 Å². The average Bonchev–Trinajstić information content (AvgIpc) is 3.76. The van der Waals surface area contributed by atoms with E-state index in [9.17, 15) is 24.3 Å². The smallest absolute Gasteiger partial charge is 0.274 e. The second-order valence-corrected chi connectivity index (χ2v) is 12.3. The van der Waals surface area contributed by atoms with Gasteiger partial charge in [-0.2, -0.15) is 0 Å². The Morgan fingerprint density at radius 3 is 1.76 bits per heavy atom. The second-order valence-electron chi connectivity index (χ2n) is 12.3. The number of amides is 4. The SMILES string of the molecule is Cn1cc(NC(=O)c2cc(NC(=O)c3cc(NC(=O)c4cc5ccccc5cn4)cn3C)cn2C)cc1C(=O)NCCN1CCC(O)CC1. The van der Waals surface area contributed by atoms with E-state index in [0.29, 0.717) is 47.2 Å². The van der Waals surface area contributed by atoms with Crippen molar-refractivity contribution in [1.29, 1.82) is 0 Å². The normalized spacial score (nSPS) is 13.7. The van der Waals surface area contributed by atoms with Crippen LogP contribution in [0.3, 0.4) is 0 Å². The van der Waals surface area contributed by atoms with Gasteiger partial charge in [-0.15, -0.1) is 0 Å². The van der Waals surface area contributed by atoms with Gasteiger partial charge in [-0.05, 0) is 42.5 Å². The van der Waals surface area contributed by atoms with Gasteiger partial charge < -0.3 is 45.0 Å². The lowest BCUT2D eigenvalue weighted by Crippen LogP contribution is -2.41. The van der Waals surface area contributed by atoms with Crippen molar-refractivity contribution in [2.24, 2.45) is 21.1 Å². The second kappa shape index (κ2) is 14.2. The Kier molecular flexibility index (Phi) is 9.60. The average molecular weight is 666 g/mol. The molecule has 5 N–H and O–H groups in total. The van der Waals surface area contributed by atoms with Crippen LogP contribution in [-0.2, 0) is 21.1 Å². The molecule has 6 rings (SSSR count). The van der Waals surface area contributed by atoms with Crippen molar-refractivity contribution in [1.82, 2.24) is 28.9 Å². The lowest BCUT2D eigenvalue weighted by atomic mass is 10.1. The standard InChI is InChI=1S/C35H39N9O5/c1-41-20-25(15-29(41)33(47)36-10-13-44-11-8-27(45)9-12-44)39-35(49)31-17-26(21-43(31)3)40-34(48)30-16-24(19-42(30)2)38-32(46)28-14-22-6-4-5-7-23(22)18-37-28/h4-7,14-21,27,45H,8-13H2,1-3H3,(H,36,47)(H,38,46)(H,39,49)(H,40,48). The highest BCUT2D eigenvalue weighted by molar-refractivity contribution is 6.09. The Morgan fingerprint density at radius 1 is 0.714 bits per heavy atom. The molecule has 0 aliphatic carbocycles. The summed E-state index contributed by atoms with van der Waals surface area (Å²) >= 11 is 0. The zero-order valence-electron chi connectivity index (χ0n) is 27.6. The Bertz CT molecular complexity index is 2030. The molecule has 5 aromatic rings. The van der Waals surface area contributed by atoms with Crippen LogP contribution in [0.25, 0.3) is 10.8 Å². The van der Waals surface area contributed by atoms with Crippen LogP contribution in [0.2, 0.25) is 0 Å². The molecule has 0 unspecified atom stereocenters. The van der Waals surface area contributed by atoms with Gasteiger partial charge in [0.25, 0.3) is 23.6 Å². The largest absolute Gasteiger partial charge is 0.393 e. The van der Waals surface area contributed by atoms with Crippen molar-refractivity contribution >= 4 is 51.5 Å². The highest BCUT2D eigenvalue weighted by Gasteiger charge is 2.20. The van der Waals surface area contributed by atoms with E-state index in [1.807, 2.05) is 24.3 Å². The number of likely N-dealkylation sites (tertiary alicyclic amines) is 1. The molecular formula is C35H39N9O5. The Hall–Kier alpha value is -5.73. The number of carbonyl (C=O) groups is 4. The zero-order valence-corrected chi connectivity index (χ0v) is 27.6.